The van der Waals surface area contributed by atoms with Gasteiger partial charge >= 0.3 is 0 Å². The van der Waals surface area contributed by atoms with Gasteiger partial charge in [0.2, 0.25) is 10.0 Å². The number of para-hydroxylation sites is 1. The van der Waals surface area contributed by atoms with Gasteiger partial charge in [-0.3, -0.25) is 4.99 Å². The van der Waals surface area contributed by atoms with Crippen LogP contribution in [0.4, 0.5) is 0 Å². The van der Waals surface area contributed by atoms with Gasteiger partial charge in [-0.05, 0) is 25.0 Å². The number of benzene rings is 1. The largest absolute Gasteiger partial charge is 0.364 e. The fraction of sp³-hybridized carbons (Fsp3) is 0.429. The minimum Gasteiger partial charge on any atom is -0.364 e. The molecule has 0 aliphatic carbocycles. The zero-order valence-corrected chi connectivity index (χ0v) is 18.7. The van der Waals surface area contributed by atoms with Gasteiger partial charge in [-0.15, -0.1) is 0 Å². The van der Waals surface area contributed by atoms with Crippen molar-refractivity contribution in [2.24, 2.45) is 4.99 Å². The molecule has 0 amide bonds. The van der Waals surface area contributed by atoms with Crippen molar-refractivity contribution in [3.63, 3.8) is 0 Å². The first-order chi connectivity index (χ1) is 15.0. The van der Waals surface area contributed by atoms with Crippen molar-refractivity contribution in [3.05, 3.63) is 53.5 Å². The van der Waals surface area contributed by atoms with E-state index in [2.05, 4.69) is 50.5 Å². The van der Waals surface area contributed by atoms with Crippen LogP contribution < -0.4 is 5.32 Å². The number of guanidine groups is 1. The van der Waals surface area contributed by atoms with E-state index in [1.807, 2.05) is 6.07 Å². The summed E-state index contributed by atoms with van der Waals surface area (Å²) in [5.74, 6) is 0.659. The number of rotatable bonds is 6. The highest BCUT2D eigenvalue weighted by atomic mass is 32.2. The van der Waals surface area contributed by atoms with Crippen LogP contribution in [0.5, 0.6) is 0 Å². The van der Waals surface area contributed by atoms with Gasteiger partial charge in [0.25, 0.3) is 0 Å². The molecule has 31 heavy (non-hydrogen) atoms. The number of aryl methyl sites for hydroxylation is 1. The first kappa shape index (κ1) is 21.4. The van der Waals surface area contributed by atoms with Crippen molar-refractivity contribution < 1.29 is 12.9 Å². The van der Waals surface area contributed by atoms with E-state index in [4.69, 9.17) is 4.52 Å². The molecule has 1 saturated heterocycles. The summed E-state index contributed by atoms with van der Waals surface area (Å²) >= 11 is 0. The summed E-state index contributed by atoms with van der Waals surface area (Å²) in [5.41, 5.74) is 4.07. The van der Waals surface area contributed by atoms with Gasteiger partial charge in [0.05, 0.1) is 5.69 Å². The number of sulfonamides is 1. The van der Waals surface area contributed by atoms with E-state index < -0.39 is 10.0 Å². The van der Waals surface area contributed by atoms with Gasteiger partial charge in [0, 0.05) is 62.4 Å². The summed E-state index contributed by atoms with van der Waals surface area (Å²) in [6.45, 7) is 4.86. The Balaban J connectivity index is 1.31. The highest BCUT2D eigenvalue weighted by Crippen LogP contribution is 2.22. The highest BCUT2D eigenvalue weighted by Gasteiger charge is 2.29. The van der Waals surface area contributed by atoms with Crippen molar-refractivity contribution in [3.8, 4) is 0 Å². The first-order valence-electron chi connectivity index (χ1n) is 10.4. The van der Waals surface area contributed by atoms with Gasteiger partial charge in [-0.1, -0.05) is 23.4 Å². The molecular formula is C21H28N6O3S. The highest BCUT2D eigenvalue weighted by molar-refractivity contribution is 7.88. The number of aliphatic imine (C=N–C) groups is 1. The molecule has 9 nitrogen and oxygen atoms in total. The third-order valence-corrected chi connectivity index (χ3v) is 7.46. The Labute approximate surface area is 182 Å². The Morgan fingerprint density at radius 2 is 2.00 bits per heavy atom. The second-order valence-electron chi connectivity index (χ2n) is 7.63. The van der Waals surface area contributed by atoms with E-state index >= 15 is 0 Å². The smallest absolute Gasteiger partial charge is 0.220 e. The lowest BCUT2D eigenvalue weighted by Crippen LogP contribution is -2.54. The van der Waals surface area contributed by atoms with E-state index in [1.54, 1.807) is 13.1 Å². The summed E-state index contributed by atoms with van der Waals surface area (Å²) < 4.78 is 31.5. The van der Waals surface area contributed by atoms with Crippen LogP contribution >= 0.6 is 0 Å². The molecule has 10 heteroatoms. The van der Waals surface area contributed by atoms with Crippen LogP contribution in [0.1, 0.15) is 17.0 Å². The summed E-state index contributed by atoms with van der Waals surface area (Å²) in [6, 6.07) is 9.90. The third kappa shape index (κ3) is 4.75. The standard InChI is InChI=1S/C21H28N6O3S/c1-16-18(19-5-3-4-6-20(19)24-16)7-9-23-21(22-2)26-10-12-27(13-11-26)31(28,29)15-17-8-14-30-25-17/h3-6,8,14,24H,7,9-13,15H2,1-2H3,(H,22,23). The van der Waals surface area contributed by atoms with E-state index in [0.29, 0.717) is 31.9 Å². The quantitative estimate of drug-likeness (QED) is 0.443. The first-order valence-corrected chi connectivity index (χ1v) is 12.0. The lowest BCUT2D eigenvalue weighted by molar-refractivity contribution is 0.260. The second-order valence-corrected chi connectivity index (χ2v) is 9.60. The Morgan fingerprint density at radius 1 is 1.23 bits per heavy atom. The SMILES string of the molecule is CN=C(NCCc1c(C)[nH]c2ccccc12)N1CCN(S(=O)(=O)Cc2ccon2)CC1. The summed E-state index contributed by atoms with van der Waals surface area (Å²) in [7, 11) is -1.66. The van der Waals surface area contributed by atoms with Gasteiger partial charge < -0.3 is 19.7 Å². The van der Waals surface area contributed by atoms with Crippen LogP contribution in [-0.4, -0.2) is 73.5 Å². The van der Waals surface area contributed by atoms with Crippen LogP contribution in [0.15, 0.2) is 46.1 Å². The van der Waals surface area contributed by atoms with Crippen molar-refractivity contribution in [1.29, 1.82) is 0 Å². The van der Waals surface area contributed by atoms with Crippen LogP contribution in [0.25, 0.3) is 10.9 Å². The Morgan fingerprint density at radius 3 is 2.71 bits per heavy atom. The van der Waals surface area contributed by atoms with Gasteiger partial charge in [-0.2, -0.15) is 4.31 Å². The number of hydrogen-bond donors (Lipinski definition) is 2. The zero-order chi connectivity index (χ0) is 21.8. The van der Waals surface area contributed by atoms with E-state index in [-0.39, 0.29) is 5.75 Å². The fourth-order valence-corrected chi connectivity index (χ4v) is 5.48. The van der Waals surface area contributed by atoms with Gasteiger partial charge in [0.15, 0.2) is 5.96 Å². The number of piperazine rings is 1. The maximum atomic E-state index is 12.6. The predicted octanol–water partition coefficient (Wildman–Crippen LogP) is 1.73. The van der Waals surface area contributed by atoms with E-state index in [0.717, 1.165) is 24.4 Å². The molecule has 2 aromatic heterocycles. The summed E-state index contributed by atoms with van der Waals surface area (Å²) in [6.07, 6.45) is 2.26. The van der Waals surface area contributed by atoms with Gasteiger partial charge in [-0.25, -0.2) is 8.42 Å². The minimum atomic E-state index is -3.41. The van der Waals surface area contributed by atoms with Crippen LogP contribution in [0.3, 0.4) is 0 Å². The number of hydrogen-bond acceptors (Lipinski definition) is 5. The van der Waals surface area contributed by atoms with Crippen LogP contribution in [0, 0.1) is 6.92 Å². The van der Waals surface area contributed by atoms with Crippen molar-refractivity contribution in [2.45, 2.75) is 19.1 Å². The number of nitrogens with one attached hydrogen (secondary N) is 2. The Hall–Kier alpha value is -2.85. The molecular weight excluding hydrogens is 416 g/mol. The van der Waals surface area contributed by atoms with Gasteiger partial charge in [0.1, 0.15) is 12.0 Å². The molecule has 1 fully saturated rings. The van der Waals surface area contributed by atoms with Crippen LogP contribution in [0.2, 0.25) is 0 Å². The number of fused-ring (bicyclic) bond motifs is 1. The number of nitrogens with zero attached hydrogens (tertiary/aromatic N) is 4. The number of H-pyrrole nitrogens is 1. The fourth-order valence-electron chi connectivity index (χ4n) is 4.06. The number of aromatic nitrogens is 2. The monoisotopic (exact) mass is 444 g/mol. The van der Waals surface area contributed by atoms with E-state index in [1.165, 1.54) is 27.2 Å². The second kappa shape index (κ2) is 9.11. The summed E-state index contributed by atoms with van der Waals surface area (Å²) in [4.78, 5) is 9.93. The van der Waals surface area contributed by atoms with Crippen molar-refractivity contribution in [1.82, 2.24) is 24.7 Å². The molecule has 0 spiro atoms. The maximum Gasteiger partial charge on any atom is 0.220 e. The molecule has 1 aromatic carbocycles. The van der Waals surface area contributed by atoms with Crippen molar-refractivity contribution >= 4 is 26.9 Å². The molecule has 3 heterocycles. The molecule has 0 bridgehead atoms. The lowest BCUT2D eigenvalue weighted by Gasteiger charge is -2.35. The summed E-state index contributed by atoms with van der Waals surface area (Å²) in [5, 5.41) is 8.39. The zero-order valence-electron chi connectivity index (χ0n) is 17.8. The van der Waals surface area contributed by atoms with Crippen LogP contribution in [-0.2, 0) is 22.2 Å². The third-order valence-electron chi connectivity index (χ3n) is 5.65. The molecule has 166 valence electrons. The molecule has 0 unspecified atom stereocenters. The Kier molecular flexibility index (Phi) is 6.28. The maximum absolute atomic E-state index is 12.6. The molecule has 0 radical (unpaired) electrons. The molecule has 0 atom stereocenters. The predicted molar refractivity (Wildman–Crippen MR) is 120 cm³/mol. The molecule has 1 aliphatic heterocycles. The Bertz CT molecular complexity index is 1150. The lowest BCUT2D eigenvalue weighted by atomic mass is 10.1. The molecule has 2 N–H and O–H groups in total. The molecule has 4 rings (SSSR count). The number of aromatic amines is 1. The topological polar surface area (TPSA) is 107 Å². The van der Waals surface area contributed by atoms with E-state index in [9.17, 15) is 8.42 Å². The average Bonchev–Trinajstić information content (AvgIpc) is 3.38. The molecule has 0 saturated carbocycles. The average molecular weight is 445 g/mol. The minimum absolute atomic E-state index is 0.138. The molecule has 1 aliphatic rings. The van der Waals surface area contributed by atoms with Crippen molar-refractivity contribution in [2.75, 3.05) is 39.8 Å². The molecule has 3 aromatic rings. The normalized spacial score (nSPS) is 16.2.